The number of carbonyl (C=O) groups is 1. The van der Waals surface area contributed by atoms with Crippen LogP contribution in [0.4, 0.5) is 5.69 Å². The molecule has 1 atom stereocenters. The minimum atomic E-state index is -3.72. The van der Waals surface area contributed by atoms with Crippen molar-refractivity contribution < 1.29 is 13.2 Å². The summed E-state index contributed by atoms with van der Waals surface area (Å²) in [7, 11) is -3.72. The molecule has 1 amide bonds. The number of nitrogens with one attached hydrogen (secondary N) is 1. The molecule has 0 aliphatic heterocycles. The van der Waals surface area contributed by atoms with Crippen molar-refractivity contribution in [1.82, 2.24) is 5.32 Å². The highest BCUT2D eigenvalue weighted by Crippen LogP contribution is 2.30. The Morgan fingerprint density at radius 3 is 2.30 bits per heavy atom. The van der Waals surface area contributed by atoms with Crippen LogP contribution in [0.3, 0.4) is 0 Å². The number of anilines is 1. The van der Waals surface area contributed by atoms with Gasteiger partial charge in [-0.3, -0.25) is 9.10 Å². The van der Waals surface area contributed by atoms with Crippen LogP contribution in [-0.4, -0.2) is 27.1 Å². The first-order valence-corrected chi connectivity index (χ1v) is 11.0. The number of benzene rings is 2. The predicted octanol–water partition coefficient (Wildman–Crippen LogP) is 4.34. The summed E-state index contributed by atoms with van der Waals surface area (Å²) in [4.78, 5) is 12.6. The predicted molar refractivity (Wildman–Crippen MR) is 111 cm³/mol. The van der Waals surface area contributed by atoms with E-state index in [2.05, 4.69) is 5.32 Å². The Balaban J connectivity index is 2.22. The van der Waals surface area contributed by atoms with E-state index in [1.54, 1.807) is 0 Å². The van der Waals surface area contributed by atoms with E-state index in [1.165, 1.54) is 18.2 Å². The molecule has 0 spiro atoms. The molecule has 0 aliphatic carbocycles. The Morgan fingerprint density at radius 1 is 1.15 bits per heavy atom. The molecule has 2 aromatic carbocycles. The Morgan fingerprint density at radius 2 is 1.78 bits per heavy atom. The van der Waals surface area contributed by atoms with Crippen molar-refractivity contribution in [2.75, 3.05) is 17.1 Å². The van der Waals surface area contributed by atoms with Crippen LogP contribution in [0, 0.1) is 6.92 Å². The Bertz CT molecular complexity index is 915. The van der Waals surface area contributed by atoms with Crippen LogP contribution in [0.5, 0.6) is 0 Å². The smallest absolute Gasteiger partial charge is 0.241 e. The number of aryl methyl sites for hydroxylation is 1. The zero-order valence-electron chi connectivity index (χ0n) is 15.4. The van der Waals surface area contributed by atoms with E-state index < -0.39 is 15.9 Å². The topological polar surface area (TPSA) is 66.5 Å². The molecule has 0 saturated heterocycles. The minimum absolute atomic E-state index is 0.159. The normalized spacial score (nSPS) is 12.5. The Kier molecular flexibility index (Phi) is 7.14. The monoisotopic (exact) mass is 428 g/mol. The van der Waals surface area contributed by atoms with Gasteiger partial charge in [-0.05, 0) is 37.1 Å². The summed E-state index contributed by atoms with van der Waals surface area (Å²) in [6, 6.07) is 12.1. The lowest BCUT2D eigenvalue weighted by atomic mass is 10.0. The summed E-state index contributed by atoms with van der Waals surface area (Å²) >= 11 is 12.0. The third kappa shape index (κ3) is 5.86. The molecule has 2 rings (SSSR count). The van der Waals surface area contributed by atoms with E-state index in [9.17, 15) is 13.2 Å². The number of rotatable bonds is 7. The van der Waals surface area contributed by atoms with E-state index in [0.717, 1.165) is 21.7 Å². The molecular weight excluding hydrogens is 407 g/mol. The van der Waals surface area contributed by atoms with Gasteiger partial charge in [-0.1, -0.05) is 60.0 Å². The summed E-state index contributed by atoms with van der Waals surface area (Å²) in [6.45, 7) is 3.57. The van der Waals surface area contributed by atoms with Crippen LogP contribution in [0.1, 0.15) is 30.5 Å². The molecule has 27 heavy (non-hydrogen) atoms. The minimum Gasteiger partial charge on any atom is -0.348 e. The maximum atomic E-state index is 12.6. The van der Waals surface area contributed by atoms with Gasteiger partial charge in [0.25, 0.3) is 0 Å². The van der Waals surface area contributed by atoms with E-state index >= 15 is 0 Å². The standard InChI is InChI=1S/C19H22Cl2N2O3S/c1-4-17(14-7-5-13(2)6-8-14)22-19(24)12-23(27(3,25)26)18-10-9-15(20)11-16(18)21/h5-11,17H,4,12H2,1-3H3,(H,22,24)/t17-/m1/s1. The average Bonchev–Trinajstić information content (AvgIpc) is 2.58. The second-order valence-electron chi connectivity index (χ2n) is 6.30. The molecule has 146 valence electrons. The van der Waals surface area contributed by atoms with Gasteiger partial charge in [-0.2, -0.15) is 0 Å². The summed E-state index contributed by atoms with van der Waals surface area (Å²) in [5.74, 6) is -0.418. The molecule has 0 saturated carbocycles. The molecule has 2 aromatic rings. The van der Waals surface area contributed by atoms with Crippen molar-refractivity contribution in [2.24, 2.45) is 0 Å². The van der Waals surface area contributed by atoms with Gasteiger partial charge in [-0.15, -0.1) is 0 Å². The van der Waals surface area contributed by atoms with Gasteiger partial charge in [0.05, 0.1) is 23.0 Å². The maximum Gasteiger partial charge on any atom is 0.241 e. The number of sulfonamides is 1. The molecule has 0 aliphatic rings. The summed E-state index contributed by atoms with van der Waals surface area (Å²) in [5.41, 5.74) is 2.30. The zero-order valence-corrected chi connectivity index (χ0v) is 17.7. The van der Waals surface area contributed by atoms with Crippen LogP contribution >= 0.6 is 23.2 Å². The van der Waals surface area contributed by atoms with Crippen molar-refractivity contribution in [2.45, 2.75) is 26.3 Å². The highest BCUT2D eigenvalue weighted by molar-refractivity contribution is 7.92. The van der Waals surface area contributed by atoms with Crippen molar-refractivity contribution in [3.8, 4) is 0 Å². The number of halogens is 2. The number of nitrogens with zero attached hydrogens (tertiary/aromatic N) is 1. The summed E-state index contributed by atoms with van der Waals surface area (Å²) < 4.78 is 25.4. The van der Waals surface area contributed by atoms with Gasteiger partial charge in [-0.25, -0.2) is 8.42 Å². The molecule has 0 unspecified atom stereocenters. The fourth-order valence-corrected chi connectivity index (χ4v) is 4.08. The second kappa shape index (κ2) is 8.95. The van der Waals surface area contributed by atoms with Gasteiger partial charge in [0.1, 0.15) is 6.54 Å². The third-order valence-corrected chi connectivity index (χ3v) is 5.75. The molecule has 5 nitrogen and oxygen atoms in total. The van der Waals surface area contributed by atoms with E-state index in [4.69, 9.17) is 23.2 Å². The first-order chi connectivity index (χ1) is 12.6. The van der Waals surface area contributed by atoms with Crippen LogP contribution in [0.25, 0.3) is 0 Å². The fraction of sp³-hybridized carbons (Fsp3) is 0.316. The number of hydrogen-bond donors (Lipinski definition) is 1. The van der Waals surface area contributed by atoms with Crippen molar-refractivity contribution in [3.05, 3.63) is 63.6 Å². The molecule has 8 heteroatoms. The van der Waals surface area contributed by atoms with Crippen molar-refractivity contribution in [1.29, 1.82) is 0 Å². The van der Waals surface area contributed by atoms with Gasteiger partial charge in [0, 0.05) is 5.02 Å². The van der Waals surface area contributed by atoms with Crippen molar-refractivity contribution >= 4 is 44.8 Å². The van der Waals surface area contributed by atoms with Gasteiger partial charge in [0.2, 0.25) is 15.9 Å². The lowest BCUT2D eigenvalue weighted by molar-refractivity contribution is -0.120. The van der Waals surface area contributed by atoms with Crippen molar-refractivity contribution in [3.63, 3.8) is 0 Å². The number of carbonyl (C=O) groups excluding carboxylic acids is 1. The Labute approximate surface area is 170 Å². The van der Waals surface area contributed by atoms with E-state index in [-0.39, 0.29) is 23.3 Å². The number of amides is 1. The lowest BCUT2D eigenvalue weighted by Crippen LogP contribution is -2.41. The SMILES string of the molecule is CC[C@@H](NC(=O)CN(c1ccc(Cl)cc1Cl)S(C)(=O)=O)c1ccc(C)cc1. The van der Waals surface area contributed by atoms with E-state index in [0.29, 0.717) is 11.4 Å². The molecule has 0 aromatic heterocycles. The van der Waals surface area contributed by atoms with Gasteiger partial charge < -0.3 is 5.32 Å². The number of hydrogen-bond acceptors (Lipinski definition) is 3. The molecule has 0 bridgehead atoms. The Hall–Kier alpha value is -1.76. The largest absolute Gasteiger partial charge is 0.348 e. The molecule has 1 N–H and O–H groups in total. The molecule has 0 heterocycles. The third-order valence-electron chi connectivity index (χ3n) is 4.09. The van der Waals surface area contributed by atoms with E-state index in [1.807, 2.05) is 38.1 Å². The van der Waals surface area contributed by atoms with Crippen LogP contribution < -0.4 is 9.62 Å². The quantitative estimate of drug-likeness (QED) is 0.712. The zero-order chi connectivity index (χ0) is 20.2. The maximum absolute atomic E-state index is 12.6. The highest BCUT2D eigenvalue weighted by Gasteiger charge is 2.24. The van der Waals surface area contributed by atoms with Crippen LogP contribution in [-0.2, 0) is 14.8 Å². The van der Waals surface area contributed by atoms with Gasteiger partial charge in [0.15, 0.2) is 0 Å². The summed E-state index contributed by atoms with van der Waals surface area (Å²) in [5, 5.41) is 3.43. The average molecular weight is 429 g/mol. The molecular formula is C19H22Cl2N2O3S. The van der Waals surface area contributed by atoms with Crippen LogP contribution in [0.15, 0.2) is 42.5 Å². The van der Waals surface area contributed by atoms with Crippen LogP contribution in [0.2, 0.25) is 10.0 Å². The first kappa shape index (κ1) is 21.5. The first-order valence-electron chi connectivity index (χ1n) is 8.40. The molecule has 0 fully saturated rings. The van der Waals surface area contributed by atoms with Gasteiger partial charge >= 0.3 is 0 Å². The highest BCUT2D eigenvalue weighted by atomic mass is 35.5. The molecule has 0 radical (unpaired) electrons. The lowest BCUT2D eigenvalue weighted by Gasteiger charge is -2.25. The summed E-state index contributed by atoms with van der Waals surface area (Å²) in [6.07, 6.45) is 1.71. The second-order valence-corrected chi connectivity index (χ2v) is 9.05. The fourth-order valence-electron chi connectivity index (χ4n) is 2.65.